The zero-order valence-electron chi connectivity index (χ0n) is 13.2. The number of carbonyl (C=O) groups is 2. The Labute approximate surface area is 130 Å². The summed E-state index contributed by atoms with van der Waals surface area (Å²) in [5.41, 5.74) is 0.672. The van der Waals surface area contributed by atoms with Gasteiger partial charge < -0.3 is 19.5 Å². The second-order valence-corrected chi connectivity index (χ2v) is 4.77. The van der Waals surface area contributed by atoms with E-state index < -0.39 is 5.97 Å². The molecule has 1 amide bonds. The van der Waals surface area contributed by atoms with Crippen molar-refractivity contribution in [3.05, 3.63) is 29.8 Å². The summed E-state index contributed by atoms with van der Waals surface area (Å²) in [6, 6.07) is 5.22. The smallest absolute Gasteiger partial charge is 0.331 e. The summed E-state index contributed by atoms with van der Waals surface area (Å²) in [6.07, 6.45) is 2.78. The average molecular weight is 307 g/mol. The Morgan fingerprint density at radius 1 is 1.23 bits per heavy atom. The van der Waals surface area contributed by atoms with Gasteiger partial charge in [0.15, 0.2) is 6.61 Å². The minimum absolute atomic E-state index is 0.00258. The van der Waals surface area contributed by atoms with Gasteiger partial charge in [0.25, 0.3) is 5.91 Å². The van der Waals surface area contributed by atoms with Crippen LogP contribution in [0.3, 0.4) is 0 Å². The van der Waals surface area contributed by atoms with E-state index in [2.05, 4.69) is 5.32 Å². The van der Waals surface area contributed by atoms with E-state index in [4.69, 9.17) is 14.2 Å². The third kappa shape index (κ3) is 5.87. The van der Waals surface area contributed by atoms with Gasteiger partial charge in [0.05, 0.1) is 14.2 Å². The summed E-state index contributed by atoms with van der Waals surface area (Å²) in [5, 5.41) is 2.63. The van der Waals surface area contributed by atoms with Gasteiger partial charge in [0, 0.05) is 17.7 Å². The zero-order valence-corrected chi connectivity index (χ0v) is 13.2. The van der Waals surface area contributed by atoms with Crippen LogP contribution in [0, 0.1) is 0 Å². The molecule has 0 aliphatic rings. The predicted molar refractivity (Wildman–Crippen MR) is 82.8 cm³/mol. The third-order valence-electron chi connectivity index (χ3n) is 2.63. The first-order chi connectivity index (χ1) is 10.5. The van der Waals surface area contributed by atoms with E-state index in [1.807, 2.05) is 13.8 Å². The van der Waals surface area contributed by atoms with Crippen molar-refractivity contribution >= 4 is 18.0 Å². The number of methoxy groups -OCH3 is 2. The molecule has 1 aromatic rings. The number of rotatable bonds is 7. The molecule has 0 fully saturated rings. The zero-order chi connectivity index (χ0) is 16.5. The molecule has 0 unspecified atom stereocenters. The van der Waals surface area contributed by atoms with Crippen LogP contribution in [-0.2, 0) is 14.3 Å². The molecule has 0 saturated heterocycles. The average Bonchev–Trinajstić information content (AvgIpc) is 2.49. The molecule has 6 nitrogen and oxygen atoms in total. The lowest BCUT2D eigenvalue weighted by Gasteiger charge is -2.08. The van der Waals surface area contributed by atoms with Crippen LogP contribution in [0.4, 0.5) is 0 Å². The van der Waals surface area contributed by atoms with Crippen LogP contribution in [0.5, 0.6) is 11.5 Å². The minimum atomic E-state index is -0.608. The fourth-order valence-corrected chi connectivity index (χ4v) is 1.68. The first-order valence-corrected chi connectivity index (χ1v) is 6.82. The van der Waals surface area contributed by atoms with E-state index >= 15 is 0 Å². The normalized spacial score (nSPS) is 10.6. The maximum Gasteiger partial charge on any atom is 0.331 e. The quantitative estimate of drug-likeness (QED) is 0.614. The molecule has 22 heavy (non-hydrogen) atoms. The molecular weight excluding hydrogens is 286 g/mol. The highest BCUT2D eigenvalue weighted by molar-refractivity contribution is 5.89. The molecule has 1 rings (SSSR count). The van der Waals surface area contributed by atoms with Crippen molar-refractivity contribution < 1.29 is 23.8 Å². The molecule has 0 atom stereocenters. The number of hydrogen-bond acceptors (Lipinski definition) is 5. The summed E-state index contributed by atoms with van der Waals surface area (Å²) in [7, 11) is 3.09. The van der Waals surface area contributed by atoms with E-state index in [0.717, 1.165) is 0 Å². The Morgan fingerprint density at radius 3 is 2.55 bits per heavy atom. The Kier molecular flexibility index (Phi) is 6.95. The fraction of sp³-hybridized carbons (Fsp3) is 0.375. The molecule has 0 radical (unpaired) electrons. The highest BCUT2D eigenvalue weighted by Crippen LogP contribution is 2.25. The van der Waals surface area contributed by atoms with Crippen LogP contribution in [0.15, 0.2) is 24.3 Å². The molecule has 6 heteroatoms. The first kappa shape index (κ1) is 17.6. The molecule has 1 aromatic carbocycles. The van der Waals surface area contributed by atoms with Gasteiger partial charge in [-0.1, -0.05) is 0 Å². The second kappa shape index (κ2) is 8.71. The molecule has 0 heterocycles. The van der Waals surface area contributed by atoms with E-state index in [0.29, 0.717) is 17.1 Å². The molecule has 0 saturated carbocycles. The number of amides is 1. The van der Waals surface area contributed by atoms with Crippen LogP contribution in [0.25, 0.3) is 6.08 Å². The van der Waals surface area contributed by atoms with Gasteiger partial charge in [-0.05, 0) is 38.1 Å². The van der Waals surface area contributed by atoms with Gasteiger partial charge >= 0.3 is 5.97 Å². The number of hydrogen-bond donors (Lipinski definition) is 1. The van der Waals surface area contributed by atoms with Crippen molar-refractivity contribution in [3.63, 3.8) is 0 Å². The van der Waals surface area contributed by atoms with Crippen molar-refractivity contribution in [1.82, 2.24) is 5.32 Å². The van der Waals surface area contributed by atoms with E-state index in [-0.39, 0.29) is 18.6 Å². The van der Waals surface area contributed by atoms with Crippen molar-refractivity contribution in [3.8, 4) is 11.5 Å². The minimum Gasteiger partial charge on any atom is -0.497 e. The largest absolute Gasteiger partial charge is 0.497 e. The first-order valence-electron chi connectivity index (χ1n) is 6.82. The highest BCUT2D eigenvalue weighted by Gasteiger charge is 2.07. The summed E-state index contributed by atoms with van der Waals surface area (Å²) in [5.74, 6) is 0.298. The molecular formula is C16H21NO5. The maximum absolute atomic E-state index is 11.6. The number of ether oxygens (including phenoxy) is 3. The second-order valence-electron chi connectivity index (χ2n) is 4.77. The van der Waals surface area contributed by atoms with E-state index in [1.54, 1.807) is 31.4 Å². The van der Waals surface area contributed by atoms with Crippen molar-refractivity contribution in [2.75, 3.05) is 20.8 Å². The monoisotopic (exact) mass is 307 g/mol. The third-order valence-corrected chi connectivity index (χ3v) is 2.63. The lowest BCUT2D eigenvalue weighted by Crippen LogP contribution is -2.33. The van der Waals surface area contributed by atoms with Crippen LogP contribution in [0.2, 0.25) is 0 Å². The van der Waals surface area contributed by atoms with Crippen LogP contribution >= 0.6 is 0 Å². The summed E-state index contributed by atoms with van der Waals surface area (Å²) in [4.78, 5) is 23.0. The van der Waals surface area contributed by atoms with Crippen LogP contribution in [-0.4, -0.2) is 38.7 Å². The lowest BCUT2D eigenvalue weighted by atomic mass is 10.1. The molecule has 0 aliphatic carbocycles. The van der Waals surface area contributed by atoms with Gasteiger partial charge in [-0.2, -0.15) is 0 Å². The molecule has 1 N–H and O–H groups in total. The molecule has 0 spiro atoms. The van der Waals surface area contributed by atoms with Crippen molar-refractivity contribution in [2.24, 2.45) is 0 Å². The van der Waals surface area contributed by atoms with Crippen molar-refractivity contribution in [2.45, 2.75) is 19.9 Å². The highest BCUT2D eigenvalue weighted by atomic mass is 16.5. The maximum atomic E-state index is 11.6. The Balaban J connectivity index is 2.63. The molecule has 0 bridgehead atoms. The fourth-order valence-electron chi connectivity index (χ4n) is 1.68. The Bertz CT molecular complexity index is 551. The lowest BCUT2D eigenvalue weighted by molar-refractivity contribution is -0.143. The van der Waals surface area contributed by atoms with Crippen LogP contribution in [0.1, 0.15) is 19.4 Å². The number of nitrogens with one attached hydrogen (secondary N) is 1. The van der Waals surface area contributed by atoms with Gasteiger partial charge in [-0.15, -0.1) is 0 Å². The Morgan fingerprint density at radius 2 is 1.95 bits per heavy atom. The summed E-state index contributed by atoms with van der Waals surface area (Å²) < 4.78 is 15.2. The standard InChI is InChI=1S/C16H21NO5/c1-11(2)17-15(18)10-22-16(19)8-5-12-9-13(20-3)6-7-14(12)21-4/h5-9,11H,10H2,1-4H3,(H,17,18)/b8-5+. The van der Waals surface area contributed by atoms with E-state index in [1.165, 1.54) is 13.2 Å². The van der Waals surface area contributed by atoms with Gasteiger partial charge in [-0.25, -0.2) is 4.79 Å². The van der Waals surface area contributed by atoms with Gasteiger partial charge in [0.1, 0.15) is 11.5 Å². The molecule has 0 aromatic heterocycles. The molecule has 120 valence electrons. The summed E-state index contributed by atoms with van der Waals surface area (Å²) in [6.45, 7) is 3.35. The van der Waals surface area contributed by atoms with Crippen molar-refractivity contribution in [1.29, 1.82) is 0 Å². The number of carbonyl (C=O) groups excluding carboxylic acids is 2. The van der Waals surface area contributed by atoms with Crippen LogP contribution < -0.4 is 14.8 Å². The van der Waals surface area contributed by atoms with Gasteiger partial charge in [0.2, 0.25) is 0 Å². The van der Waals surface area contributed by atoms with Gasteiger partial charge in [-0.3, -0.25) is 4.79 Å². The summed E-state index contributed by atoms with van der Waals surface area (Å²) >= 11 is 0. The topological polar surface area (TPSA) is 73.9 Å². The number of benzene rings is 1. The Hall–Kier alpha value is -2.50. The number of esters is 1. The predicted octanol–water partition coefficient (Wildman–Crippen LogP) is 1.78. The van der Waals surface area contributed by atoms with E-state index in [9.17, 15) is 9.59 Å². The SMILES string of the molecule is COc1ccc(OC)c(/C=C/C(=O)OCC(=O)NC(C)C)c1. The molecule has 0 aliphatic heterocycles.